The van der Waals surface area contributed by atoms with Crippen molar-refractivity contribution in [2.75, 3.05) is 7.11 Å². The van der Waals surface area contributed by atoms with Crippen LogP contribution >= 0.6 is 0 Å². The SMILES string of the molecule is COC(=O)c1ccc2c(c1)[C@H](NCc1ccc(OC(C)(F)F)cc1C)CC2. The highest BCUT2D eigenvalue weighted by Gasteiger charge is 2.25. The molecule has 1 aliphatic carbocycles. The first-order valence-electron chi connectivity index (χ1n) is 8.88. The molecule has 0 amide bonds. The second-order valence-corrected chi connectivity index (χ2v) is 6.88. The van der Waals surface area contributed by atoms with Crippen LogP contribution in [0.4, 0.5) is 8.78 Å². The Morgan fingerprint density at radius 3 is 2.70 bits per heavy atom. The Labute approximate surface area is 157 Å². The molecular formula is C21H23F2NO3. The summed E-state index contributed by atoms with van der Waals surface area (Å²) in [5, 5.41) is 3.51. The molecule has 1 atom stereocenters. The molecule has 0 unspecified atom stereocenters. The number of hydrogen-bond donors (Lipinski definition) is 1. The average Bonchev–Trinajstić information content (AvgIpc) is 3.01. The first-order chi connectivity index (χ1) is 12.8. The minimum Gasteiger partial charge on any atom is -0.465 e. The Morgan fingerprint density at radius 1 is 1.26 bits per heavy atom. The van der Waals surface area contributed by atoms with Crippen LogP contribution in [-0.4, -0.2) is 19.2 Å². The summed E-state index contributed by atoms with van der Waals surface area (Å²) >= 11 is 0. The predicted octanol–water partition coefficient (Wildman–Crippen LogP) is 4.55. The second-order valence-electron chi connectivity index (χ2n) is 6.88. The highest BCUT2D eigenvalue weighted by molar-refractivity contribution is 5.89. The van der Waals surface area contributed by atoms with Crippen molar-refractivity contribution in [2.45, 2.75) is 45.4 Å². The summed E-state index contributed by atoms with van der Waals surface area (Å²) in [4.78, 5) is 11.8. The summed E-state index contributed by atoms with van der Waals surface area (Å²) in [6.07, 6.45) is -1.30. The molecule has 2 aromatic rings. The van der Waals surface area contributed by atoms with Gasteiger partial charge in [-0.15, -0.1) is 0 Å². The molecule has 1 N–H and O–H groups in total. The summed E-state index contributed by atoms with van der Waals surface area (Å²) < 4.78 is 35.4. The number of halogens is 2. The number of nitrogens with one attached hydrogen (secondary N) is 1. The van der Waals surface area contributed by atoms with Gasteiger partial charge in [-0.1, -0.05) is 12.1 Å². The van der Waals surface area contributed by atoms with E-state index in [0.717, 1.165) is 36.5 Å². The van der Waals surface area contributed by atoms with Crippen LogP contribution in [0.5, 0.6) is 5.75 Å². The summed E-state index contributed by atoms with van der Waals surface area (Å²) in [6, 6.07) is 10.8. The number of aryl methyl sites for hydroxylation is 2. The topological polar surface area (TPSA) is 47.6 Å². The van der Waals surface area contributed by atoms with Gasteiger partial charge in [-0.3, -0.25) is 0 Å². The lowest BCUT2D eigenvalue weighted by Gasteiger charge is -2.17. The van der Waals surface area contributed by atoms with Crippen molar-refractivity contribution in [1.82, 2.24) is 5.32 Å². The maximum atomic E-state index is 13.0. The number of hydrogen-bond acceptors (Lipinski definition) is 4. The fourth-order valence-electron chi connectivity index (χ4n) is 3.43. The minimum atomic E-state index is -3.20. The molecule has 0 radical (unpaired) electrons. The van der Waals surface area contributed by atoms with Gasteiger partial charge in [0.05, 0.1) is 12.7 Å². The van der Waals surface area contributed by atoms with Gasteiger partial charge in [-0.2, -0.15) is 8.78 Å². The van der Waals surface area contributed by atoms with Crippen molar-refractivity contribution in [3.05, 3.63) is 64.2 Å². The van der Waals surface area contributed by atoms with Crippen molar-refractivity contribution in [2.24, 2.45) is 0 Å². The van der Waals surface area contributed by atoms with Crippen LogP contribution in [0, 0.1) is 6.92 Å². The van der Waals surface area contributed by atoms with E-state index in [9.17, 15) is 13.6 Å². The van der Waals surface area contributed by atoms with E-state index in [1.807, 2.05) is 19.1 Å². The lowest BCUT2D eigenvalue weighted by atomic mass is 10.0. The lowest BCUT2D eigenvalue weighted by molar-refractivity contribution is -0.158. The zero-order valence-corrected chi connectivity index (χ0v) is 15.6. The van der Waals surface area contributed by atoms with Gasteiger partial charge < -0.3 is 14.8 Å². The van der Waals surface area contributed by atoms with Crippen LogP contribution in [0.15, 0.2) is 36.4 Å². The van der Waals surface area contributed by atoms with Gasteiger partial charge >= 0.3 is 12.1 Å². The maximum Gasteiger partial charge on any atom is 0.394 e. The molecule has 3 rings (SSSR count). The van der Waals surface area contributed by atoms with Crippen LogP contribution in [0.1, 0.15) is 52.0 Å². The molecule has 0 heterocycles. The number of alkyl halides is 2. The third kappa shape index (κ3) is 4.63. The maximum absolute atomic E-state index is 13.0. The standard InChI is InChI=1S/C21H23F2NO3/c1-13-10-17(27-21(2,22)23)8-6-16(13)12-24-19-9-7-14-4-5-15(11-18(14)19)20(25)26-3/h4-6,8,10-11,19,24H,7,9,12H2,1-3H3/t19-/m1/s1. The Kier molecular flexibility index (Phi) is 5.46. The lowest BCUT2D eigenvalue weighted by Crippen LogP contribution is -2.20. The largest absolute Gasteiger partial charge is 0.465 e. The van der Waals surface area contributed by atoms with Crippen molar-refractivity contribution >= 4 is 5.97 Å². The number of carbonyl (C=O) groups excluding carboxylic acids is 1. The van der Waals surface area contributed by atoms with Crippen LogP contribution in [0.3, 0.4) is 0 Å². The van der Waals surface area contributed by atoms with E-state index in [4.69, 9.17) is 4.74 Å². The zero-order valence-electron chi connectivity index (χ0n) is 15.6. The number of methoxy groups -OCH3 is 1. The Bertz CT molecular complexity index is 846. The minimum absolute atomic E-state index is 0.139. The number of esters is 1. The first kappa shape index (κ1) is 19.3. The molecule has 0 saturated carbocycles. The molecule has 0 bridgehead atoms. The molecule has 2 aromatic carbocycles. The predicted molar refractivity (Wildman–Crippen MR) is 98.1 cm³/mol. The monoisotopic (exact) mass is 375 g/mol. The van der Waals surface area contributed by atoms with E-state index >= 15 is 0 Å². The van der Waals surface area contributed by atoms with E-state index in [2.05, 4.69) is 10.1 Å². The number of benzene rings is 2. The molecule has 0 saturated heterocycles. The van der Waals surface area contributed by atoms with Gasteiger partial charge in [0.1, 0.15) is 5.75 Å². The van der Waals surface area contributed by atoms with Crippen LogP contribution in [0.25, 0.3) is 0 Å². The summed E-state index contributed by atoms with van der Waals surface area (Å²) in [5.41, 5.74) is 4.78. The molecule has 0 fully saturated rings. The van der Waals surface area contributed by atoms with Crippen molar-refractivity contribution in [1.29, 1.82) is 0 Å². The highest BCUT2D eigenvalue weighted by atomic mass is 19.3. The Hall–Kier alpha value is -2.47. The summed E-state index contributed by atoms with van der Waals surface area (Å²) in [6.45, 7) is 3.19. The van der Waals surface area contributed by atoms with Gasteiger partial charge in [0.25, 0.3) is 0 Å². The Balaban J connectivity index is 1.69. The zero-order chi connectivity index (χ0) is 19.6. The van der Waals surface area contributed by atoms with E-state index < -0.39 is 6.11 Å². The van der Waals surface area contributed by atoms with Crippen molar-refractivity contribution in [3.63, 3.8) is 0 Å². The van der Waals surface area contributed by atoms with Gasteiger partial charge in [-0.25, -0.2) is 4.79 Å². The highest BCUT2D eigenvalue weighted by Crippen LogP contribution is 2.32. The Morgan fingerprint density at radius 2 is 2.04 bits per heavy atom. The molecule has 1 aliphatic rings. The number of rotatable bonds is 6. The van der Waals surface area contributed by atoms with Crippen LogP contribution in [-0.2, 0) is 17.7 Å². The molecule has 6 heteroatoms. The first-order valence-corrected chi connectivity index (χ1v) is 8.88. The molecule has 0 spiro atoms. The smallest absolute Gasteiger partial charge is 0.394 e. The summed E-state index contributed by atoms with van der Waals surface area (Å²) in [5.74, 6) is -0.194. The van der Waals surface area contributed by atoms with Gasteiger partial charge in [-0.05, 0) is 66.3 Å². The number of ether oxygens (including phenoxy) is 2. The molecule has 144 valence electrons. The van der Waals surface area contributed by atoms with Crippen molar-refractivity contribution in [3.8, 4) is 5.75 Å². The third-order valence-electron chi connectivity index (χ3n) is 4.79. The summed E-state index contributed by atoms with van der Waals surface area (Å²) in [7, 11) is 1.37. The number of fused-ring (bicyclic) bond motifs is 1. The van der Waals surface area contributed by atoms with E-state index in [1.165, 1.54) is 12.7 Å². The van der Waals surface area contributed by atoms with E-state index in [0.29, 0.717) is 12.1 Å². The van der Waals surface area contributed by atoms with Crippen LogP contribution in [0.2, 0.25) is 0 Å². The van der Waals surface area contributed by atoms with Gasteiger partial charge in [0.15, 0.2) is 0 Å². The number of carbonyl (C=O) groups is 1. The van der Waals surface area contributed by atoms with E-state index in [-0.39, 0.29) is 17.8 Å². The quantitative estimate of drug-likeness (QED) is 0.753. The van der Waals surface area contributed by atoms with Gasteiger partial charge in [0.2, 0.25) is 0 Å². The fourth-order valence-corrected chi connectivity index (χ4v) is 3.43. The molecule has 0 aromatic heterocycles. The molecule has 27 heavy (non-hydrogen) atoms. The molecular weight excluding hydrogens is 352 g/mol. The second kappa shape index (κ2) is 7.64. The van der Waals surface area contributed by atoms with Crippen LogP contribution < -0.4 is 10.1 Å². The van der Waals surface area contributed by atoms with E-state index in [1.54, 1.807) is 24.3 Å². The van der Waals surface area contributed by atoms with Crippen molar-refractivity contribution < 1.29 is 23.0 Å². The normalized spacial score (nSPS) is 16.1. The molecule has 4 nitrogen and oxygen atoms in total. The third-order valence-corrected chi connectivity index (χ3v) is 4.79. The molecule has 0 aliphatic heterocycles. The van der Waals surface area contributed by atoms with Gasteiger partial charge in [0, 0.05) is 19.5 Å². The average molecular weight is 375 g/mol. The fraction of sp³-hybridized carbons (Fsp3) is 0.381.